The molecule has 0 radical (unpaired) electrons. The zero-order valence-corrected chi connectivity index (χ0v) is 39.2. The largest absolute Gasteiger partial charge is 0.573 e. The van der Waals surface area contributed by atoms with Crippen LogP contribution in [0.4, 0.5) is 28.9 Å². The van der Waals surface area contributed by atoms with Crippen molar-refractivity contribution in [1.82, 2.24) is 24.8 Å². The molecule has 4 aromatic carbocycles. The van der Waals surface area contributed by atoms with Crippen molar-refractivity contribution in [2.75, 3.05) is 24.3 Å². The molecular formula is C52H51F4N7O8. The number of nitrogens with one attached hydrogen (secondary N) is 3. The smallest absolute Gasteiger partial charge is 0.496 e. The summed E-state index contributed by atoms with van der Waals surface area (Å²) >= 11 is 0. The van der Waals surface area contributed by atoms with E-state index in [9.17, 15) is 37.1 Å². The number of hydrogen-bond donors (Lipinski definition) is 3. The molecule has 1 saturated heterocycles. The fourth-order valence-corrected chi connectivity index (χ4v) is 9.79. The van der Waals surface area contributed by atoms with Crippen LogP contribution in [-0.2, 0) is 23.2 Å². The number of hydrogen-bond acceptors (Lipinski definition) is 11. The van der Waals surface area contributed by atoms with Crippen molar-refractivity contribution in [3.8, 4) is 23.1 Å². The number of aryl methyl sites for hydroxylation is 1. The molecule has 1 aliphatic carbocycles. The molecule has 370 valence electrons. The predicted molar refractivity (Wildman–Crippen MR) is 255 cm³/mol. The molecule has 0 spiro atoms. The summed E-state index contributed by atoms with van der Waals surface area (Å²) in [5, 5.41) is 8.66. The minimum atomic E-state index is -4.98. The van der Waals surface area contributed by atoms with E-state index in [0.29, 0.717) is 47.0 Å². The number of nitrogens with zero attached hydrogens (tertiary/aromatic N) is 4. The lowest BCUT2D eigenvalue weighted by atomic mass is 10.0. The molecule has 15 nitrogen and oxygen atoms in total. The van der Waals surface area contributed by atoms with E-state index in [1.165, 1.54) is 36.0 Å². The van der Waals surface area contributed by atoms with Crippen LogP contribution in [0.2, 0.25) is 0 Å². The number of benzene rings is 4. The molecule has 2 fully saturated rings. The summed E-state index contributed by atoms with van der Waals surface area (Å²) in [6.07, 6.45) is 5.71. The summed E-state index contributed by atoms with van der Waals surface area (Å²) < 4.78 is 71.6. The van der Waals surface area contributed by atoms with Crippen LogP contribution in [0.3, 0.4) is 0 Å². The van der Waals surface area contributed by atoms with Crippen LogP contribution in [0.15, 0.2) is 77.9 Å². The van der Waals surface area contributed by atoms with E-state index in [2.05, 4.69) is 30.7 Å². The van der Waals surface area contributed by atoms with E-state index in [1.54, 1.807) is 25.1 Å². The van der Waals surface area contributed by atoms with Crippen LogP contribution in [0.25, 0.3) is 21.8 Å². The Morgan fingerprint density at radius 1 is 0.887 bits per heavy atom. The Labute approximate surface area is 404 Å². The van der Waals surface area contributed by atoms with Gasteiger partial charge in [-0.1, -0.05) is 32.1 Å². The maximum Gasteiger partial charge on any atom is 0.573 e. The second-order valence-corrected chi connectivity index (χ2v) is 18.3. The van der Waals surface area contributed by atoms with Crippen molar-refractivity contribution in [3.63, 3.8) is 0 Å². The summed E-state index contributed by atoms with van der Waals surface area (Å²) in [6, 6.07) is 15.8. The van der Waals surface area contributed by atoms with E-state index in [4.69, 9.17) is 9.47 Å². The first-order valence-electron chi connectivity index (χ1n) is 23.6. The number of fused-ring (bicyclic) bond motifs is 3. The third-order valence-electron chi connectivity index (χ3n) is 13.6. The van der Waals surface area contributed by atoms with Crippen LogP contribution >= 0.6 is 0 Å². The van der Waals surface area contributed by atoms with E-state index in [0.717, 1.165) is 92.9 Å². The van der Waals surface area contributed by atoms with Gasteiger partial charge in [-0.25, -0.2) is 14.4 Å². The number of aromatic nitrogens is 3. The monoisotopic (exact) mass is 977 g/mol. The number of imide groups is 1. The van der Waals surface area contributed by atoms with Gasteiger partial charge in [0.2, 0.25) is 23.1 Å². The number of halogens is 4. The third-order valence-corrected chi connectivity index (χ3v) is 13.6. The van der Waals surface area contributed by atoms with Crippen LogP contribution < -0.4 is 35.6 Å². The first kappa shape index (κ1) is 48.5. The van der Waals surface area contributed by atoms with E-state index in [1.807, 2.05) is 24.3 Å². The lowest BCUT2D eigenvalue weighted by molar-refractivity contribution is -0.274. The number of unbranched alkanes of at least 4 members (excludes halogenated alkanes) is 5. The highest BCUT2D eigenvalue weighted by Gasteiger charge is 2.41. The first-order chi connectivity index (χ1) is 34.1. The van der Waals surface area contributed by atoms with Crippen LogP contribution in [0.5, 0.6) is 23.1 Å². The number of anilines is 2. The normalized spacial score (nSPS) is 17.6. The summed E-state index contributed by atoms with van der Waals surface area (Å²) in [5.74, 6) is -1.87. The molecule has 4 heterocycles. The van der Waals surface area contributed by atoms with Gasteiger partial charge in [0.05, 0.1) is 28.9 Å². The number of ether oxygens (including phenoxy) is 3. The molecule has 2 aromatic heterocycles. The average Bonchev–Trinajstić information content (AvgIpc) is 4.03. The maximum absolute atomic E-state index is 15.6. The fraction of sp³-hybridized carbons (Fsp3) is 0.365. The molecule has 71 heavy (non-hydrogen) atoms. The summed E-state index contributed by atoms with van der Waals surface area (Å²) in [4.78, 5) is 74.1. The van der Waals surface area contributed by atoms with E-state index >= 15 is 4.39 Å². The summed E-state index contributed by atoms with van der Waals surface area (Å²) in [7, 11) is 3.15. The Hall–Kier alpha value is -7.57. The molecule has 6 aromatic rings. The van der Waals surface area contributed by atoms with E-state index in [-0.39, 0.29) is 57.7 Å². The van der Waals surface area contributed by atoms with Gasteiger partial charge in [0, 0.05) is 55.3 Å². The maximum atomic E-state index is 15.6. The molecular weight excluding hydrogens is 927 g/mol. The van der Waals surface area contributed by atoms with Gasteiger partial charge in [-0.3, -0.25) is 29.3 Å². The highest BCUT2D eigenvalue weighted by Crippen LogP contribution is 2.54. The third kappa shape index (κ3) is 10.5. The Kier molecular flexibility index (Phi) is 13.7. The van der Waals surface area contributed by atoms with Crippen molar-refractivity contribution in [3.05, 3.63) is 117 Å². The molecule has 4 amide bonds. The number of amides is 4. The van der Waals surface area contributed by atoms with Crippen LogP contribution in [0.1, 0.15) is 108 Å². The van der Waals surface area contributed by atoms with Gasteiger partial charge in [-0.15, -0.1) is 13.2 Å². The van der Waals surface area contributed by atoms with Gasteiger partial charge in [-0.05, 0) is 116 Å². The number of rotatable bonds is 18. The van der Waals surface area contributed by atoms with Gasteiger partial charge < -0.3 is 34.3 Å². The Balaban J connectivity index is 0.736. The number of pyridine rings is 1. The predicted octanol–water partition coefficient (Wildman–Crippen LogP) is 9.59. The van der Waals surface area contributed by atoms with Crippen LogP contribution in [-0.4, -0.2) is 69.1 Å². The average molecular weight is 978 g/mol. The SMILES string of the molecule is COc1cc2c(Oc3ccc(NC(=O)c4c(C)n(C)c5ccc(OC(F)(F)F)cc5c4=O)cc3F)ncnc2cc1C1CC1CCCCCCCCNc1ccc2c(c1)CN(C1CCC(=O)NC1=O)C2=O. The van der Waals surface area contributed by atoms with Gasteiger partial charge in [0.15, 0.2) is 11.6 Å². The number of carbonyl (C=O) groups is 4. The second kappa shape index (κ2) is 20.0. The van der Waals surface area contributed by atoms with Crippen LogP contribution in [0, 0.1) is 18.7 Å². The fourth-order valence-electron chi connectivity index (χ4n) is 9.79. The minimum Gasteiger partial charge on any atom is -0.496 e. The van der Waals surface area contributed by atoms with Crippen molar-refractivity contribution < 1.29 is 51.0 Å². The first-order valence-corrected chi connectivity index (χ1v) is 23.6. The lowest BCUT2D eigenvalue weighted by Crippen LogP contribution is -2.52. The molecule has 0 bridgehead atoms. The minimum absolute atomic E-state index is 0.00411. The Bertz CT molecular complexity index is 3160. The van der Waals surface area contributed by atoms with Crippen molar-refractivity contribution in [2.45, 2.75) is 96.0 Å². The van der Waals surface area contributed by atoms with Crippen molar-refractivity contribution in [1.29, 1.82) is 0 Å². The summed E-state index contributed by atoms with van der Waals surface area (Å²) in [6.45, 7) is 2.68. The molecule has 3 unspecified atom stereocenters. The van der Waals surface area contributed by atoms with Gasteiger partial charge in [-0.2, -0.15) is 0 Å². The number of alkyl halides is 3. The van der Waals surface area contributed by atoms with Gasteiger partial charge >= 0.3 is 6.36 Å². The number of carbonyl (C=O) groups excluding carboxylic acids is 4. The second-order valence-electron chi connectivity index (χ2n) is 18.3. The molecule has 3 aliphatic rings. The summed E-state index contributed by atoms with van der Waals surface area (Å²) in [5.41, 5.74) is 3.42. The number of piperidine rings is 1. The topological polar surface area (TPSA) is 183 Å². The van der Waals surface area contributed by atoms with Crippen molar-refractivity contribution in [2.24, 2.45) is 13.0 Å². The molecule has 3 N–H and O–H groups in total. The molecule has 1 saturated carbocycles. The molecule has 3 atom stereocenters. The molecule has 2 aliphatic heterocycles. The Morgan fingerprint density at radius 3 is 2.42 bits per heavy atom. The van der Waals surface area contributed by atoms with E-state index < -0.39 is 41.2 Å². The Morgan fingerprint density at radius 2 is 1.66 bits per heavy atom. The zero-order valence-electron chi connectivity index (χ0n) is 39.2. The zero-order chi connectivity index (χ0) is 50.1. The molecule has 19 heteroatoms. The highest BCUT2D eigenvalue weighted by molar-refractivity contribution is 6.07. The molecule has 9 rings (SSSR count). The quantitative estimate of drug-likeness (QED) is 0.0424. The van der Waals surface area contributed by atoms with Crippen molar-refractivity contribution >= 4 is 56.8 Å². The highest BCUT2D eigenvalue weighted by atomic mass is 19.4. The lowest BCUT2D eigenvalue weighted by Gasteiger charge is -2.29. The number of methoxy groups -OCH3 is 1. The van der Waals surface area contributed by atoms with Gasteiger partial charge in [0.25, 0.3) is 11.8 Å². The van der Waals surface area contributed by atoms with Gasteiger partial charge in [0.1, 0.15) is 29.4 Å². The standard InChI is InChI=1S/C52H51F4N7O8/c1-28-46(47(65)38-23-33(71-52(54,55)56)13-15-41(38)62(28)2)49(67)60-32-12-17-43(39(53)22-32)70-50-37-25-44(69-3)36(24-40(37)58-27-59-50)35-21-29(35)10-8-6-4-5-7-9-19-57-31-11-14-34-30(20-31)26-63(51(34)68)42-16-18-45(64)61-48(42)66/h11-15,17,20,22-25,27,29,35,42,57H,4-10,16,18-19,21,26H2,1-3H3,(H,60,67)(H,61,64,66).